The molecule has 1 N–H and O–H groups in total. The van der Waals surface area contributed by atoms with Crippen molar-refractivity contribution in [1.29, 1.82) is 0 Å². The van der Waals surface area contributed by atoms with Gasteiger partial charge < -0.3 is 10.1 Å². The number of rotatable bonds is 5. The predicted molar refractivity (Wildman–Crippen MR) is 75.3 cm³/mol. The van der Waals surface area contributed by atoms with E-state index in [1.165, 1.54) is 0 Å². The Labute approximate surface area is 113 Å². The van der Waals surface area contributed by atoms with Gasteiger partial charge in [0.15, 0.2) is 0 Å². The average Bonchev–Trinajstić information content (AvgIpc) is 2.46. The molecule has 0 fully saturated rings. The van der Waals surface area contributed by atoms with Crippen LogP contribution in [-0.4, -0.2) is 28.6 Å². The second-order valence-corrected chi connectivity index (χ2v) is 4.21. The normalized spacial score (nSPS) is 10.3. The highest BCUT2D eigenvalue weighted by atomic mass is 16.5. The number of hydrogen-bond donors (Lipinski definition) is 1. The minimum Gasteiger partial charge on any atom is -0.494 e. The first-order valence-electron chi connectivity index (χ1n) is 6.33. The van der Waals surface area contributed by atoms with Crippen LogP contribution in [0, 0.1) is 6.92 Å². The van der Waals surface area contributed by atoms with Crippen molar-refractivity contribution >= 4 is 5.95 Å². The fraction of sp³-hybridized carbons (Fsp3) is 0.357. The Morgan fingerprint density at radius 3 is 2.84 bits per heavy atom. The molecule has 2 aromatic rings. The topological polar surface area (TPSA) is 59.9 Å². The molecule has 0 bridgehead atoms. The lowest BCUT2D eigenvalue weighted by Crippen LogP contribution is -2.06. The number of hydrogen-bond acceptors (Lipinski definition) is 5. The molecule has 0 spiro atoms. The van der Waals surface area contributed by atoms with Crippen LogP contribution in [0.5, 0.6) is 5.75 Å². The molecule has 0 aliphatic carbocycles. The van der Waals surface area contributed by atoms with Crippen LogP contribution in [0.25, 0.3) is 11.4 Å². The highest BCUT2D eigenvalue weighted by molar-refractivity contribution is 5.66. The van der Waals surface area contributed by atoms with Crippen molar-refractivity contribution in [3.8, 4) is 17.1 Å². The van der Waals surface area contributed by atoms with Crippen molar-refractivity contribution in [3.05, 3.63) is 30.1 Å². The molecule has 0 aliphatic rings. The standard InChI is InChI=1S/C14H18N4O/c1-4-7-16-14-17-9-10(2)12(18-14)13-11(19-3)6-5-8-15-13/h5-6,8-9H,4,7H2,1-3H3,(H,16,17,18). The van der Waals surface area contributed by atoms with E-state index in [2.05, 4.69) is 27.2 Å². The van der Waals surface area contributed by atoms with Crippen molar-refractivity contribution in [2.24, 2.45) is 0 Å². The lowest BCUT2D eigenvalue weighted by Gasteiger charge is -2.10. The molecule has 5 nitrogen and oxygen atoms in total. The molecule has 0 saturated heterocycles. The maximum atomic E-state index is 5.33. The lowest BCUT2D eigenvalue weighted by molar-refractivity contribution is 0.414. The zero-order valence-electron chi connectivity index (χ0n) is 11.5. The van der Waals surface area contributed by atoms with Crippen molar-refractivity contribution in [2.75, 3.05) is 19.0 Å². The number of nitrogens with zero attached hydrogens (tertiary/aromatic N) is 3. The third kappa shape index (κ3) is 2.99. The van der Waals surface area contributed by atoms with Crippen molar-refractivity contribution in [2.45, 2.75) is 20.3 Å². The van der Waals surface area contributed by atoms with Gasteiger partial charge in [0.1, 0.15) is 17.1 Å². The molecule has 0 aromatic carbocycles. The maximum Gasteiger partial charge on any atom is 0.223 e. The quantitative estimate of drug-likeness (QED) is 0.893. The van der Waals surface area contributed by atoms with Crippen molar-refractivity contribution in [3.63, 3.8) is 0 Å². The molecule has 2 heterocycles. The van der Waals surface area contributed by atoms with E-state index < -0.39 is 0 Å². The summed E-state index contributed by atoms with van der Waals surface area (Å²) < 4.78 is 5.33. The molecule has 100 valence electrons. The lowest BCUT2D eigenvalue weighted by atomic mass is 10.1. The molecule has 0 atom stereocenters. The molecule has 2 rings (SSSR count). The van der Waals surface area contributed by atoms with Crippen LogP contribution in [0.4, 0.5) is 5.95 Å². The molecular weight excluding hydrogens is 240 g/mol. The summed E-state index contributed by atoms with van der Waals surface area (Å²) in [6.07, 6.45) is 4.56. The molecule has 5 heteroatoms. The molecule has 0 radical (unpaired) electrons. The van der Waals surface area contributed by atoms with Crippen LogP contribution >= 0.6 is 0 Å². The molecule has 0 amide bonds. The summed E-state index contributed by atoms with van der Waals surface area (Å²) in [7, 11) is 1.63. The van der Waals surface area contributed by atoms with Gasteiger partial charge >= 0.3 is 0 Å². The molecule has 0 saturated carbocycles. The number of methoxy groups -OCH3 is 1. The van der Waals surface area contributed by atoms with Crippen molar-refractivity contribution in [1.82, 2.24) is 15.0 Å². The fourth-order valence-corrected chi connectivity index (χ4v) is 1.74. The largest absolute Gasteiger partial charge is 0.494 e. The van der Waals surface area contributed by atoms with Gasteiger partial charge in [0.05, 0.1) is 7.11 Å². The first-order valence-corrected chi connectivity index (χ1v) is 6.33. The van der Waals surface area contributed by atoms with Crippen LogP contribution < -0.4 is 10.1 Å². The summed E-state index contributed by atoms with van der Waals surface area (Å²) in [5.74, 6) is 1.33. The van der Waals surface area contributed by atoms with E-state index in [0.29, 0.717) is 11.7 Å². The Morgan fingerprint density at radius 1 is 1.26 bits per heavy atom. The Balaban J connectivity index is 2.42. The highest BCUT2D eigenvalue weighted by Gasteiger charge is 2.12. The summed E-state index contributed by atoms with van der Waals surface area (Å²) >= 11 is 0. The first kappa shape index (κ1) is 13.3. The van der Waals surface area contributed by atoms with E-state index in [9.17, 15) is 0 Å². The first-order chi connectivity index (χ1) is 9.26. The Bertz CT molecular complexity index is 557. The van der Waals surface area contributed by atoms with Gasteiger partial charge in [-0.3, -0.25) is 4.98 Å². The summed E-state index contributed by atoms with van der Waals surface area (Å²) in [6, 6.07) is 3.72. The van der Waals surface area contributed by atoms with Crippen LogP contribution in [0.15, 0.2) is 24.5 Å². The Kier molecular flexibility index (Phi) is 4.28. The van der Waals surface area contributed by atoms with Gasteiger partial charge in [-0.05, 0) is 31.0 Å². The summed E-state index contributed by atoms with van der Waals surface area (Å²) in [5.41, 5.74) is 2.51. The number of pyridine rings is 1. The van der Waals surface area contributed by atoms with E-state index in [1.807, 2.05) is 19.1 Å². The van der Waals surface area contributed by atoms with Crippen LogP contribution in [0.2, 0.25) is 0 Å². The summed E-state index contributed by atoms with van der Waals surface area (Å²) in [5, 5.41) is 3.18. The van der Waals surface area contributed by atoms with Crippen molar-refractivity contribution < 1.29 is 4.74 Å². The van der Waals surface area contributed by atoms with Gasteiger partial charge in [-0.15, -0.1) is 0 Å². The smallest absolute Gasteiger partial charge is 0.223 e. The summed E-state index contributed by atoms with van der Waals surface area (Å²) in [6.45, 7) is 4.92. The van der Waals surface area contributed by atoms with E-state index in [1.54, 1.807) is 19.5 Å². The monoisotopic (exact) mass is 258 g/mol. The van der Waals surface area contributed by atoms with Crippen LogP contribution in [0.1, 0.15) is 18.9 Å². The van der Waals surface area contributed by atoms with E-state index in [-0.39, 0.29) is 0 Å². The van der Waals surface area contributed by atoms with Gasteiger partial charge in [-0.25, -0.2) is 9.97 Å². The molecule has 0 aliphatic heterocycles. The zero-order valence-corrected chi connectivity index (χ0v) is 11.5. The second-order valence-electron chi connectivity index (χ2n) is 4.21. The third-order valence-electron chi connectivity index (χ3n) is 2.72. The minimum absolute atomic E-state index is 0.621. The molecule has 0 unspecified atom stereocenters. The van der Waals surface area contributed by atoms with Gasteiger partial charge in [-0.1, -0.05) is 6.92 Å². The predicted octanol–water partition coefficient (Wildman–Crippen LogP) is 2.68. The molecular formula is C14H18N4O. The van der Waals surface area contributed by atoms with E-state index >= 15 is 0 Å². The number of ether oxygens (including phenoxy) is 1. The van der Waals surface area contributed by atoms with E-state index in [4.69, 9.17) is 4.74 Å². The SMILES string of the molecule is CCCNc1ncc(C)c(-c2ncccc2OC)n1. The van der Waals surface area contributed by atoms with Crippen LogP contribution in [0.3, 0.4) is 0 Å². The summed E-state index contributed by atoms with van der Waals surface area (Å²) in [4.78, 5) is 13.1. The third-order valence-corrected chi connectivity index (χ3v) is 2.72. The Morgan fingerprint density at radius 2 is 2.11 bits per heavy atom. The fourth-order valence-electron chi connectivity index (χ4n) is 1.74. The number of aryl methyl sites for hydroxylation is 1. The zero-order chi connectivity index (χ0) is 13.7. The Hall–Kier alpha value is -2.17. The van der Waals surface area contributed by atoms with Gasteiger partial charge in [-0.2, -0.15) is 0 Å². The second kappa shape index (κ2) is 6.13. The van der Waals surface area contributed by atoms with Gasteiger partial charge in [0.25, 0.3) is 0 Å². The maximum absolute atomic E-state index is 5.33. The molecule has 2 aromatic heterocycles. The average molecular weight is 258 g/mol. The van der Waals surface area contributed by atoms with Crippen LogP contribution in [-0.2, 0) is 0 Å². The molecule has 19 heavy (non-hydrogen) atoms. The number of anilines is 1. The van der Waals surface area contributed by atoms with Gasteiger partial charge in [0, 0.05) is 18.9 Å². The minimum atomic E-state index is 0.621. The number of nitrogens with one attached hydrogen (secondary N) is 1. The van der Waals surface area contributed by atoms with E-state index in [0.717, 1.165) is 29.9 Å². The number of aromatic nitrogens is 3. The van der Waals surface area contributed by atoms with Gasteiger partial charge in [0.2, 0.25) is 5.95 Å². The highest BCUT2D eigenvalue weighted by Crippen LogP contribution is 2.28.